The number of pyridine rings is 1. The molecule has 0 N–H and O–H groups in total. The Morgan fingerprint density at radius 1 is 1.19 bits per heavy atom. The fraction of sp³-hybridized carbons (Fsp3) is 0.200. The fourth-order valence-corrected chi connectivity index (χ4v) is 2.86. The van der Waals surface area contributed by atoms with Gasteiger partial charge in [0.2, 0.25) is 11.7 Å². The van der Waals surface area contributed by atoms with Crippen LogP contribution in [0.25, 0.3) is 6.08 Å². The molecule has 1 saturated heterocycles. The second-order valence-corrected chi connectivity index (χ2v) is 6.07. The zero-order chi connectivity index (χ0) is 19.4. The van der Waals surface area contributed by atoms with Gasteiger partial charge in [0.15, 0.2) is 5.83 Å². The van der Waals surface area contributed by atoms with Gasteiger partial charge in [-0.15, -0.1) is 0 Å². The maximum absolute atomic E-state index is 14.1. The van der Waals surface area contributed by atoms with E-state index in [2.05, 4.69) is 4.98 Å². The first-order valence-corrected chi connectivity index (χ1v) is 8.36. The van der Waals surface area contributed by atoms with E-state index < -0.39 is 42.2 Å². The van der Waals surface area contributed by atoms with Crippen LogP contribution in [0.15, 0.2) is 60.6 Å². The van der Waals surface area contributed by atoms with Gasteiger partial charge in [0.05, 0.1) is 18.2 Å². The molecule has 2 heterocycles. The van der Waals surface area contributed by atoms with E-state index in [4.69, 9.17) is 4.74 Å². The molecule has 3 rings (SSSR count). The molecule has 27 heavy (non-hydrogen) atoms. The summed E-state index contributed by atoms with van der Waals surface area (Å²) in [6.07, 6.45) is 0.167. The van der Waals surface area contributed by atoms with E-state index in [0.29, 0.717) is 0 Å². The van der Waals surface area contributed by atoms with Crippen LogP contribution in [0.2, 0.25) is 0 Å². The lowest BCUT2D eigenvalue weighted by Crippen LogP contribution is -2.38. The van der Waals surface area contributed by atoms with E-state index in [1.807, 2.05) is 6.07 Å². The molecule has 6 nitrogen and oxygen atoms in total. The third kappa shape index (κ3) is 4.08. The molecule has 1 aromatic carbocycles. The molecule has 138 valence electrons. The van der Waals surface area contributed by atoms with Crippen LogP contribution in [-0.2, 0) is 14.3 Å². The minimum absolute atomic E-state index is 0.258. The number of imide groups is 1. The Kier molecular flexibility index (Phi) is 5.40. The number of carbonyl (C=O) groups is 3. The highest BCUT2D eigenvalue weighted by Gasteiger charge is 2.43. The summed E-state index contributed by atoms with van der Waals surface area (Å²) in [5, 5.41) is 0. The number of Topliss-reactive ketones (excluding diaryl/α,β-unsaturated/α-hetero) is 1. The number of allylic oxidation sites excluding steroid dienone is 1. The maximum Gasteiger partial charge on any atom is 0.417 e. The van der Waals surface area contributed by atoms with Crippen LogP contribution < -0.4 is 0 Å². The highest BCUT2D eigenvalue weighted by molar-refractivity contribution is 6.10. The second kappa shape index (κ2) is 7.90. The van der Waals surface area contributed by atoms with Gasteiger partial charge in [-0.2, -0.15) is 0 Å². The van der Waals surface area contributed by atoms with Crippen LogP contribution in [0.4, 0.5) is 9.18 Å². The van der Waals surface area contributed by atoms with E-state index in [-0.39, 0.29) is 5.69 Å². The van der Waals surface area contributed by atoms with Crippen LogP contribution >= 0.6 is 0 Å². The number of hydrogen-bond acceptors (Lipinski definition) is 5. The molecule has 0 radical (unpaired) electrons. The van der Waals surface area contributed by atoms with E-state index in [0.717, 1.165) is 16.5 Å². The molecule has 1 aromatic heterocycles. The Labute approximate surface area is 155 Å². The molecule has 1 aliphatic heterocycles. The third-order valence-corrected chi connectivity index (χ3v) is 4.21. The van der Waals surface area contributed by atoms with Gasteiger partial charge < -0.3 is 4.74 Å². The molecule has 0 aliphatic carbocycles. The number of benzene rings is 1. The normalized spacial score (nSPS) is 19.7. The van der Waals surface area contributed by atoms with E-state index in [9.17, 15) is 18.8 Å². The van der Waals surface area contributed by atoms with Gasteiger partial charge in [0, 0.05) is 12.3 Å². The summed E-state index contributed by atoms with van der Waals surface area (Å²) in [5.74, 6) is -2.92. The number of ketones is 1. The van der Waals surface area contributed by atoms with Crippen molar-refractivity contribution in [3.05, 3.63) is 71.8 Å². The number of aromatic nitrogens is 1. The van der Waals surface area contributed by atoms with Crippen molar-refractivity contribution in [1.29, 1.82) is 0 Å². The molecule has 0 spiro atoms. The standard InChI is InChI=1S/C20H17FN2O4/c1-13-19(14-7-3-2-4-8-14)27-20(26)23(13)18(25)12-17(24)16(21)11-15-9-5-6-10-22-15/h2-11,13,19H,12H2,1H3/b16-11-/t13-,19-/m0/s1. The van der Waals surface area contributed by atoms with Crippen molar-refractivity contribution < 1.29 is 23.5 Å². The number of halogens is 1. The average Bonchev–Trinajstić information content (AvgIpc) is 2.97. The summed E-state index contributed by atoms with van der Waals surface area (Å²) in [6, 6.07) is 13.2. The summed E-state index contributed by atoms with van der Waals surface area (Å²) in [5.41, 5.74) is 0.995. The summed E-state index contributed by atoms with van der Waals surface area (Å²) in [7, 11) is 0. The molecule has 7 heteroatoms. The number of carbonyl (C=O) groups excluding carboxylic acids is 3. The van der Waals surface area contributed by atoms with Crippen LogP contribution in [0, 0.1) is 0 Å². The summed E-state index contributed by atoms with van der Waals surface area (Å²) in [6.45, 7) is 1.64. The Morgan fingerprint density at radius 2 is 1.89 bits per heavy atom. The molecule has 1 aliphatic rings. The molecule has 2 atom stereocenters. The SMILES string of the molecule is C[C@H]1[C@@H](c2ccccc2)OC(=O)N1C(=O)CC(=O)/C(F)=C/c1ccccn1. The Balaban J connectivity index is 1.69. The lowest BCUT2D eigenvalue weighted by Gasteiger charge is -2.18. The Bertz CT molecular complexity index is 883. The zero-order valence-corrected chi connectivity index (χ0v) is 14.5. The van der Waals surface area contributed by atoms with Gasteiger partial charge in [-0.05, 0) is 24.6 Å². The number of cyclic esters (lactones) is 1. The summed E-state index contributed by atoms with van der Waals surface area (Å²) >= 11 is 0. The number of amides is 2. The van der Waals surface area contributed by atoms with Crippen molar-refractivity contribution in [3.8, 4) is 0 Å². The number of hydrogen-bond donors (Lipinski definition) is 0. The van der Waals surface area contributed by atoms with Gasteiger partial charge in [0.1, 0.15) is 6.10 Å². The number of nitrogens with zero attached hydrogens (tertiary/aromatic N) is 2. The smallest absolute Gasteiger partial charge is 0.417 e. The Morgan fingerprint density at radius 3 is 2.56 bits per heavy atom. The minimum atomic E-state index is -1.10. The van der Waals surface area contributed by atoms with Crippen LogP contribution in [0.3, 0.4) is 0 Å². The highest BCUT2D eigenvalue weighted by atomic mass is 19.1. The first-order chi connectivity index (χ1) is 13.0. The molecule has 0 unspecified atom stereocenters. The predicted molar refractivity (Wildman–Crippen MR) is 94.9 cm³/mol. The zero-order valence-electron chi connectivity index (χ0n) is 14.5. The quantitative estimate of drug-likeness (QED) is 0.597. The first kappa shape index (κ1) is 18.4. The average molecular weight is 368 g/mol. The monoisotopic (exact) mass is 368 g/mol. The molecular formula is C20H17FN2O4. The van der Waals surface area contributed by atoms with Crippen molar-refractivity contribution in [2.75, 3.05) is 0 Å². The molecule has 2 amide bonds. The number of rotatable bonds is 5. The highest BCUT2D eigenvalue weighted by Crippen LogP contribution is 2.32. The van der Waals surface area contributed by atoms with Gasteiger partial charge in [-0.1, -0.05) is 36.4 Å². The van der Waals surface area contributed by atoms with Crippen LogP contribution in [0.5, 0.6) is 0 Å². The van der Waals surface area contributed by atoms with Crippen molar-refractivity contribution in [2.45, 2.75) is 25.5 Å². The fourth-order valence-electron chi connectivity index (χ4n) is 2.86. The number of ether oxygens (including phenoxy) is 1. The van der Waals surface area contributed by atoms with Crippen molar-refractivity contribution in [2.24, 2.45) is 0 Å². The van der Waals surface area contributed by atoms with Crippen molar-refractivity contribution >= 4 is 23.9 Å². The molecule has 0 saturated carbocycles. The lowest BCUT2D eigenvalue weighted by atomic mass is 10.0. The van der Waals surface area contributed by atoms with Gasteiger partial charge in [0.25, 0.3) is 0 Å². The topological polar surface area (TPSA) is 76.6 Å². The van der Waals surface area contributed by atoms with Gasteiger partial charge in [-0.25, -0.2) is 14.1 Å². The largest absolute Gasteiger partial charge is 0.439 e. The van der Waals surface area contributed by atoms with Gasteiger partial charge >= 0.3 is 6.09 Å². The van der Waals surface area contributed by atoms with E-state index >= 15 is 0 Å². The lowest BCUT2D eigenvalue weighted by molar-refractivity contribution is -0.133. The minimum Gasteiger partial charge on any atom is -0.439 e. The summed E-state index contributed by atoms with van der Waals surface area (Å²) in [4.78, 5) is 41.3. The molecular weight excluding hydrogens is 351 g/mol. The van der Waals surface area contributed by atoms with Crippen molar-refractivity contribution in [1.82, 2.24) is 9.88 Å². The molecule has 1 fully saturated rings. The first-order valence-electron chi connectivity index (χ1n) is 8.36. The predicted octanol–water partition coefficient (Wildman–Crippen LogP) is 3.46. The van der Waals surface area contributed by atoms with Crippen LogP contribution in [0.1, 0.15) is 30.7 Å². The third-order valence-electron chi connectivity index (χ3n) is 4.21. The maximum atomic E-state index is 14.1. The molecule has 2 aromatic rings. The Hall–Kier alpha value is -3.35. The van der Waals surface area contributed by atoms with E-state index in [1.165, 1.54) is 12.3 Å². The second-order valence-electron chi connectivity index (χ2n) is 6.07. The summed E-state index contributed by atoms with van der Waals surface area (Å²) < 4.78 is 19.3. The van der Waals surface area contributed by atoms with Gasteiger partial charge in [-0.3, -0.25) is 14.6 Å². The van der Waals surface area contributed by atoms with Crippen molar-refractivity contribution in [3.63, 3.8) is 0 Å². The molecule has 0 bridgehead atoms. The van der Waals surface area contributed by atoms with Crippen LogP contribution in [-0.4, -0.2) is 33.7 Å². The van der Waals surface area contributed by atoms with E-state index in [1.54, 1.807) is 43.3 Å².